The van der Waals surface area contributed by atoms with Gasteiger partial charge in [0.15, 0.2) is 0 Å². The van der Waals surface area contributed by atoms with Crippen LogP contribution in [0.5, 0.6) is 0 Å². The molecule has 0 unspecified atom stereocenters. The van der Waals surface area contributed by atoms with E-state index in [1.807, 2.05) is 0 Å². The van der Waals surface area contributed by atoms with Gasteiger partial charge in [-0.25, -0.2) is 0 Å². The van der Waals surface area contributed by atoms with Gasteiger partial charge < -0.3 is 19.3 Å². The maximum atomic E-state index is 4.96. The molecule has 0 N–H and O–H groups in total. The third-order valence-electron chi connectivity index (χ3n) is 10.2. The molecule has 6 saturated carbocycles. The molecule has 6 rings (SSSR count). The second kappa shape index (κ2) is 30.5. The smallest absolute Gasteiger partial charge is 4.00 e. The Labute approximate surface area is 293 Å². The first-order valence-electron chi connectivity index (χ1n) is 18.2. The Balaban J connectivity index is 0.000000313. The van der Waals surface area contributed by atoms with Crippen molar-refractivity contribution >= 4 is 32.4 Å². The molecule has 0 bridgehead atoms. The van der Waals surface area contributed by atoms with Crippen LogP contribution in [-0.4, -0.2) is 22.1 Å². The van der Waals surface area contributed by atoms with Crippen molar-refractivity contribution < 1.29 is 34.6 Å². The fourth-order valence-corrected chi connectivity index (χ4v) is 13.2. The van der Waals surface area contributed by atoms with E-state index in [9.17, 15) is 0 Å². The predicted octanol–water partition coefficient (Wildman–Crippen LogP) is 13.9. The van der Waals surface area contributed by atoms with Crippen LogP contribution in [0, 0.1) is 19.3 Å². The second-order valence-corrected chi connectivity index (χ2v) is 22.2. The van der Waals surface area contributed by atoms with Gasteiger partial charge in [0.05, 0.1) is 17.0 Å². The zero-order chi connectivity index (χ0) is 29.2. The van der Waals surface area contributed by atoms with Crippen LogP contribution in [-0.2, 0) is 34.6 Å². The van der Waals surface area contributed by atoms with Crippen LogP contribution < -0.4 is 0 Å². The van der Waals surface area contributed by atoms with Crippen molar-refractivity contribution in [2.45, 2.75) is 210 Å². The summed E-state index contributed by atoms with van der Waals surface area (Å²) in [4.78, 5) is 0. The number of rotatable bonds is 3. The minimum absolute atomic E-state index is 0. The van der Waals surface area contributed by atoms with E-state index in [2.05, 4.69) is 19.3 Å². The third-order valence-corrected chi connectivity index (χ3v) is 14.7. The van der Waals surface area contributed by atoms with Crippen LogP contribution in [0.2, 0.25) is 0 Å². The number of hydrogen-bond acceptors (Lipinski definition) is 0. The van der Waals surface area contributed by atoms with E-state index >= 15 is 0 Å². The van der Waals surface area contributed by atoms with E-state index < -0.39 is 13.5 Å². The summed E-state index contributed by atoms with van der Waals surface area (Å²) in [6.07, 6.45) is 52.3. The monoisotopic (exact) mass is 910 g/mol. The Morgan fingerprint density at radius 1 is 0.405 bits per heavy atom. The number of halogens is 2. The predicted molar refractivity (Wildman–Crippen MR) is 189 cm³/mol. The molecule has 0 atom stereocenters. The minimum Gasteiger partial charge on any atom is 4.00 e. The van der Waals surface area contributed by atoms with Gasteiger partial charge in [0.25, 0.3) is 0 Å². The van der Waals surface area contributed by atoms with Crippen molar-refractivity contribution in [3.63, 3.8) is 0 Å². The molecule has 0 radical (unpaired) electrons. The van der Waals surface area contributed by atoms with E-state index in [1.165, 1.54) is 113 Å². The van der Waals surface area contributed by atoms with Crippen LogP contribution in [0.3, 0.4) is 0 Å². The maximum absolute atomic E-state index is 4.96. The fraction of sp³-hybridized carbons (Fsp3) is 0.892. The van der Waals surface area contributed by atoms with E-state index in [4.69, 9.17) is 24.5 Å². The Bertz CT molecular complexity index is 466. The van der Waals surface area contributed by atoms with Gasteiger partial charge in [-0.05, 0) is 77.0 Å². The summed E-state index contributed by atoms with van der Waals surface area (Å²) < 4.78 is 0. The van der Waals surface area contributed by atoms with E-state index in [0.717, 1.165) is 0 Å². The molecule has 0 aliphatic heterocycles. The molecule has 5 heteroatoms. The zero-order valence-electron chi connectivity index (χ0n) is 27.2. The van der Waals surface area contributed by atoms with Gasteiger partial charge in [-0.2, -0.15) is 38.5 Å². The Kier molecular flexibility index (Phi) is 30.7. The molecule has 0 spiro atoms. The molecular formula is C37H68Cl2PPtRu+. The molecule has 6 aliphatic rings. The van der Waals surface area contributed by atoms with Gasteiger partial charge in [0, 0.05) is 7.92 Å². The summed E-state index contributed by atoms with van der Waals surface area (Å²) in [5.41, 5.74) is 3.68. The van der Waals surface area contributed by atoms with Gasteiger partial charge >= 0.3 is 59.1 Å². The van der Waals surface area contributed by atoms with Gasteiger partial charge in [-0.1, -0.05) is 77.0 Å². The van der Waals surface area contributed by atoms with Crippen molar-refractivity contribution in [1.29, 1.82) is 0 Å². The van der Waals surface area contributed by atoms with Gasteiger partial charge in [0.2, 0.25) is 0 Å². The van der Waals surface area contributed by atoms with Crippen molar-refractivity contribution in [3.8, 4) is 0 Å². The minimum atomic E-state index is -1.73. The fourth-order valence-electron chi connectivity index (χ4n) is 8.00. The average molecular weight is 911 g/mol. The van der Waals surface area contributed by atoms with Crippen molar-refractivity contribution in [2.24, 2.45) is 0 Å². The quantitative estimate of drug-likeness (QED) is 0.150. The normalized spacial score (nSPS) is 24.4. The average Bonchev–Trinajstić information content (AvgIpc) is 3.06. The van der Waals surface area contributed by atoms with Crippen molar-refractivity contribution in [1.82, 2.24) is 0 Å². The molecule has 0 amide bonds. The van der Waals surface area contributed by atoms with Gasteiger partial charge in [-0.15, -0.1) is 0 Å². The summed E-state index contributed by atoms with van der Waals surface area (Å²) in [5, 5.41) is 4.79. The van der Waals surface area contributed by atoms with Crippen LogP contribution in [0.15, 0.2) is 0 Å². The molecule has 252 valence electrons. The summed E-state index contributed by atoms with van der Waals surface area (Å²) in [7, 11) is 9.88. The molecule has 6 fully saturated rings. The van der Waals surface area contributed by atoms with Gasteiger partial charge in [-0.3, -0.25) is 0 Å². The van der Waals surface area contributed by atoms with Crippen LogP contribution in [0.1, 0.15) is 193 Å². The molecule has 0 aromatic heterocycles. The molecule has 0 nitrogen and oxygen atoms in total. The molecular weight excluding hydrogens is 842 g/mol. The summed E-state index contributed by atoms with van der Waals surface area (Å²) in [6.45, 7) is 0. The SMILES string of the molecule is C1CCC([PH+](C2CCCCC2)C2CCCCC2)CC1.[CH-]1CCCCC1.[CH-]1CCCCC1.[CH-]1CCCCC1.[CH-]=[Ru]([Cl])[Cl].[Pt+4]. The second-order valence-electron chi connectivity index (χ2n) is 13.5. The first kappa shape index (κ1) is 42.2. The molecule has 0 aromatic rings. The molecule has 0 heterocycles. The van der Waals surface area contributed by atoms with Crippen molar-refractivity contribution in [3.05, 3.63) is 19.3 Å². The summed E-state index contributed by atoms with van der Waals surface area (Å²) in [6, 6.07) is 0. The van der Waals surface area contributed by atoms with Crippen LogP contribution in [0.4, 0.5) is 0 Å². The summed E-state index contributed by atoms with van der Waals surface area (Å²) >= 11 is -1.73. The van der Waals surface area contributed by atoms with Crippen molar-refractivity contribution in [2.75, 3.05) is 0 Å². The Morgan fingerprint density at radius 3 is 0.738 bits per heavy atom. The van der Waals surface area contributed by atoms with E-state index in [-0.39, 0.29) is 29.0 Å². The topological polar surface area (TPSA) is 0 Å². The molecule has 0 aromatic carbocycles. The molecule has 0 saturated heterocycles. The maximum Gasteiger partial charge on any atom is 4.00 e. The summed E-state index contributed by atoms with van der Waals surface area (Å²) in [5.74, 6) is 0. The van der Waals surface area contributed by atoms with E-state index in [0.29, 0.717) is 0 Å². The van der Waals surface area contributed by atoms with Gasteiger partial charge in [0.1, 0.15) is 0 Å². The van der Waals surface area contributed by atoms with Crippen LogP contribution in [0.25, 0.3) is 0 Å². The number of hydrogen-bond donors (Lipinski definition) is 0. The standard InChI is InChI=1S/C18H33P.3C6H11.CH.2ClH.Pt.Ru/c1-4-10-16(11-5-1)19(17-12-6-2-7-13-17)18-14-8-3-9-15-18;3*1-2-4-6-5-3-1;;;;;/h16-18H,1-15H2;3*1H,2-6H2;3*1H;;/q;4*-1;;;+4;+2/p-1. The zero-order valence-corrected chi connectivity index (χ0v) is 33.7. The Hall–Kier alpha value is 2.19. The van der Waals surface area contributed by atoms with E-state index in [1.54, 1.807) is 96.3 Å². The Morgan fingerprint density at radius 2 is 0.595 bits per heavy atom. The first-order chi connectivity index (χ1) is 20.2. The third kappa shape index (κ3) is 22.7. The molecule has 42 heavy (non-hydrogen) atoms. The van der Waals surface area contributed by atoms with Crippen LogP contribution >= 0.6 is 27.3 Å². The molecule has 6 aliphatic carbocycles. The largest absolute Gasteiger partial charge is 4.00 e. The first-order valence-corrected chi connectivity index (χ1v) is 25.4.